The Balaban J connectivity index is 3.91. The van der Waals surface area contributed by atoms with Crippen molar-refractivity contribution in [1.82, 2.24) is 0 Å². The molecule has 0 radical (unpaired) electrons. The summed E-state index contributed by atoms with van der Waals surface area (Å²) in [5.41, 5.74) is 5.40. The van der Waals surface area contributed by atoms with Crippen LogP contribution < -0.4 is 5.73 Å². The fourth-order valence-electron chi connectivity index (χ4n) is 9.59. The van der Waals surface area contributed by atoms with Crippen LogP contribution in [0.4, 0.5) is 0 Å². The Kier molecular flexibility index (Phi) is 67.6. The zero-order valence-corrected chi connectivity index (χ0v) is 56.6. The first-order chi connectivity index (χ1) is 42.8. The van der Waals surface area contributed by atoms with Gasteiger partial charge in [-0.15, -0.1) is 0 Å². The number of phosphoric acid groups is 1. The average molecular weight is 1230 g/mol. The number of esters is 2. The monoisotopic (exact) mass is 1230 g/mol. The smallest absolute Gasteiger partial charge is 0.462 e. The van der Waals surface area contributed by atoms with Crippen molar-refractivity contribution >= 4 is 19.8 Å². The summed E-state index contributed by atoms with van der Waals surface area (Å²) in [6.45, 7) is 3.50. The number of hydrogen-bond acceptors (Lipinski definition) is 8. The number of hydrogen-bond donors (Lipinski definition) is 2. The second kappa shape index (κ2) is 71.0. The number of rotatable bonds is 65. The third kappa shape index (κ3) is 70.8. The largest absolute Gasteiger partial charge is 0.472 e. The Morgan fingerprint density at radius 3 is 0.885 bits per heavy atom. The second-order valence-electron chi connectivity index (χ2n) is 23.0. The lowest BCUT2D eigenvalue weighted by molar-refractivity contribution is -0.161. The highest BCUT2D eigenvalue weighted by molar-refractivity contribution is 7.47. The van der Waals surface area contributed by atoms with Crippen LogP contribution in [0.5, 0.6) is 0 Å². The highest BCUT2D eigenvalue weighted by Crippen LogP contribution is 2.43. The van der Waals surface area contributed by atoms with Crippen molar-refractivity contribution in [2.24, 2.45) is 5.73 Å². The molecule has 0 spiro atoms. The molecular formula is C77H130NO8P. The zero-order valence-electron chi connectivity index (χ0n) is 55.7. The maximum absolute atomic E-state index is 12.8. The van der Waals surface area contributed by atoms with E-state index in [2.05, 4.69) is 160 Å². The first kappa shape index (κ1) is 82.9. The second-order valence-corrected chi connectivity index (χ2v) is 24.4. The topological polar surface area (TPSA) is 134 Å². The molecule has 2 atom stereocenters. The first-order valence-corrected chi connectivity index (χ1v) is 36.8. The van der Waals surface area contributed by atoms with Crippen molar-refractivity contribution in [1.29, 1.82) is 0 Å². The molecule has 9 nitrogen and oxygen atoms in total. The fraction of sp³-hybridized carbons (Fsp3) is 0.662. The molecular weight excluding hydrogens is 1100 g/mol. The van der Waals surface area contributed by atoms with Crippen LogP contribution in [0.2, 0.25) is 0 Å². The summed E-state index contributed by atoms with van der Waals surface area (Å²) >= 11 is 0. The Bertz CT molecular complexity index is 1940. The van der Waals surface area contributed by atoms with Crippen molar-refractivity contribution in [2.75, 3.05) is 26.4 Å². The number of nitrogens with two attached hydrogens (primary N) is 1. The molecule has 3 N–H and O–H groups in total. The van der Waals surface area contributed by atoms with E-state index in [9.17, 15) is 19.0 Å². The molecule has 10 heteroatoms. The number of carbonyl (C=O) groups excluding carboxylic acids is 2. The third-order valence-electron chi connectivity index (χ3n) is 14.7. The van der Waals surface area contributed by atoms with Crippen molar-refractivity contribution < 1.29 is 37.6 Å². The quantitative estimate of drug-likeness (QED) is 0.0264. The average Bonchev–Trinajstić information content (AvgIpc) is 3.63. The summed E-state index contributed by atoms with van der Waals surface area (Å²) in [7, 11) is -4.41. The van der Waals surface area contributed by atoms with Crippen LogP contribution in [0.15, 0.2) is 146 Å². The van der Waals surface area contributed by atoms with Gasteiger partial charge in [0.1, 0.15) is 6.61 Å². The molecule has 2 unspecified atom stereocenters. The molecule has 496 valence electrons. The van der Waals surface area contributed by atoms with Crippen LogP contribution >= 0.6 is 7.82 Å². The number of ether oxygens (including phenoxy) is 2. The Morgan fingerprint density at radius 2 is 0.598 bits per heavy atom. The van der Waals surface area contributed by atoms with E-state index in [1.807, 2.05) is 0 Å². The standard InChI is InChI=1S/C77H130NO8P/c1-3-5-7-9-11-13-15-17-19-21-23-25-27-29-31-33-34-35-36-37-38-39-40-42-43-45-47-49-51-53-55-57-59-61-63-65-67-69-76(79)83-73-75(74-85-87(81,82)84-72-71-78)86-77(80)70-68-66-64-62-60-58-56-54-52-50-48-46-44-41-32-30-28-26-24-22-20-18-16-14-12-10-8-6-4-2/h5-8,11-14,17-20,23-26,30,32,44,46,50,52,56,58,75H,3-4,9-10,15-16,21-22,27-29,31,33-43,45,47-49,51,53-55,57,59-74,78H2,1-2H3,(H,81,82)/b7-5-,8-6-,13-11-,14-12-,19-17-,20-18-,25-23-,26-24-,32-30-,46-44-,52-50-,58-56-. The van der Waals surface area contributed by atoms with Crippen LogP contribution in [0.1, 0.15) is 296 Å². The molecule has 0 rings (SSSR count). The lowest BCUT2D eigenvalue weighted by atomic mass is 10.0. The van der Waals surface area contributed by atoms with Gasteiger partial charge in [0.05, 0.1) is 13.2 Å². The number of allylic oxidation sites excluding steroid dienone is 24. The van der Waals surface area contributed by atoms with Gasteiger partial charge >= 0.3 is 19.8 Å². The minimum absolute atomic E-state index is 0.0430. The van der Waals surface area contributed by atoms with Crippen molar-refractivity contribution in [3.05, 3.63) is 146 Å². The summed E-state index contributed by atoms with van der Waals surface area (Å²) in [4.78, 5) is 35.4. The molecule has 0 aliphatic carbocycles. The molecule has 0 aromatic carbocycles. The van der Waals surface area contributed by atoms with Gasteiger partial charge in [0.15, 0.2) is 6.10 Å². The van der Waals surface area contributed by atoms with E-state index in [-0.39, 0.29) is 38.6 Å². The highest BCUT2D eigenvalue weighted by Gasteiger charge is 2.26. The van der Waals surface area contributed by atoms with Crippen LogP contribution in [-0.4, -0.2) is 49.3 Å². The van der Waals surface area contributed by atoms with Gasteiger partial charge in [-0.3, -0.25) is 18.6 Å². The predicted octanol–water partition coefficient (Wildman–Crippen LogP) is 23.4. The van der Waals surface area contributed by atoms with Crippen LogP contribution in [0, 0.1) is 0 Å². The molecule has 0 aliphatic rings. The summed E-state index contributed by atoms with van der Waals surface area (Å²) in [6, 6.07) is 0. The number of unbranched alkanes of at least 4 members (excludes halogenated alkanes) is 28. The molecule has 0 heterocycles. The van der Waals surface area contributed by atoms with E-state index in [4.69, 9.17) is 24.3 Å². The zero-order chi connectivity index (χ0) is 63.0. The van der Waals surface area contributed by atoms with Gasteiger partial charge in [-0.1, -0.05) is 314 Å². The predicted molar refractivity (Wildman–Crippen MR) is 376 cm³/mol. The van der Waals surface area contributed by atoms with Gasteiger partial charge in [-0.2, -0.15) is 0 Å². The molecule has 0 saturated heterocycles. The summed E-state index contributed by atoms with van der Waals surface area (Å²) in [5, 5.41) is 0. The number of carbonyl (C=O) groups is 2. The Hall–Kier alpha value is -4.11. The molecule has 0 aliphatic heterocycles. The maximum atomic E-state index is 12.8. The van der Waals surface area contributed by atoms with Crippen LogP contribution in [0.25, 0.3) is 0 Å². The van der Waals surface area contributed by atoms with E-state index >= 15 is 0 Å². The molecule has 0 amide bonds. The molecule has 0 aromatic rings. The molecule has 87 heavy (non-hydrogen) atoms. The summed E-state index contributed by atoms with van der Waals surface area (Å²) < 4.78 is 33.1. The van der Waals surface area contributed by atoms with Crippen LogP contribution in [-0.2, 0) is 32.7 Å². The van der Waals surface area contributed by atoms with E-state index in [1.165, 1.54) is 141 Å². The lowest BCUT2D eigenvalue weighted by Crippen LogP contribution is -2.29. The van der Waals surface area contributed by atoms with Gasteiger partial charge in [0.25, 0.3) is 0 Å². The Labute approximate surface area is 535 Å². The minimum atomic E-state index is -4.41. The summed E-state index contributed by atoms with van der Waals surface area (Å²) in [6.07, 6.45) is 102. The first-order valence-electron chi connectivity index (χ1n) is 35.3. The number of phosphoric ester groups is 1. The summed E-state index contributed by atoms with van der Waals surface area (Å²) in [5.74, 6) is -0.856. The van der Waals surface area contributed by atoms with Crippen molar-refractivity contribution in [3.63, 3.8) is 0 Å². The third-order valence-corrected chi connectivity index (χ3v) is 15.7. The van der Waals surface area contributed by atoms with E-state index in [0.717, 1.165) is 122 Å². The lowest BCUT2D eigenvalue weighted by Gasteiger charge is -2.19. The van der Waals surface area contributed by atoms with Crippen LogP contribution in [0.3, 0.4) is 0 Å². The molecule has 0 aromatic heterocycles. The normalized spacial score (nSPS) is 13.8. The van der Waals surface area contributed by atoms with Gasteiger partial charge in [0.2, 0.25) is 0 Å². The molecule has 0 saturated carbocycles. The van der Waals surface area contributed by atoms with Gasteiger partial charge < -0.3 is 20.1 Å². The highest BCUT2D eigenvalue weighted by atomic mass is 31.2. The van der Waals surface area contributed by atoms with E-state index in [0.29, 0.717) is 6.42 Å². The SMILES string of the molecule is CC/C=C\C/C=C\C/C=C\C/C=C\C/C=C\C/C=C\C/C=C\C/C=C\CCCCCCC(=O)OC(COC(=O)CCCCCCCCCCCCCCCCCCCCCCCCCC/C=C\C/C=C\C/C=C\C/C=C\CC)COP(=O)(O)OCCN. The maximum Gasteiger partial charge on any atom is 0.472 e. The molecule has 0 bridgehead atoms. The van der Waals surface area contributed by atoms with E-state index in [1.54, 1.807) is 0 Å². The van der Waals surface area contributed by atoms with Gasteiger partial charge in [-0.05, 0) is 116 Å². The van der Waals surface area contributed by atoms with E-state index < -0.39 is 26.5 Å². The van der Waals surface area contributed by atoms with Crippen molar-refractivity contribution in [3.8, 4) is 0 Å². The minimum Gasteiger partial charge on any atom is -0.462 e. The Morgan fingerprint density at radius 1 is 0.345 bits per heavy atom. The van der Waals surface area contributed by atoms with Gasteiger partial charge in [0, 0.05) is 19.4 Å². The molecule has 0 fully saturated rings. The van der Waals surface area contributed by atoms with Gasteiger partial charge in [-0.25, -0.2) is 4.57 Å². The van der Waals surface area contributed by atoms with Crippen molar-refractivity contribution in [2.45, 2.75) is 302 Å². The fourth-order valence-corrected chi connectivity index (χ4v) is 10.4.